The molecule has 1 unspecified atom stereocenters. The van der Waals surface area contributed by atoms with E-state index in [0.717, 1.165) is 0 Å². The van der Waals surface area contributed by atoms with E-state index < -0.39 is 12.1 Å². The van der Waals surface area contributed by atoms with Crippen LogP contribution in [0.25, 0.3) is 0 Å². The van der Waals surface area contributed by atoms with Crippen molar-refractivity contribution in [3.05, 3.63) is 46.7 Å². The van der Waals surface area contributed by atoms with Gasteiger partial charge in [0.05, 0.1) is 12.8 Å². The molecule has 110 valence electrons. The summed E-state index contributed by atoms with van der Waals surface area (Å²) in [5.41, 5.74) is 0.431. The van der Waals surface area contributed by atoms with Crippen LogP contribution >= 0.6 is 11.3 Å². The highest BCUT2D eigenvalue weighted by molar-refractivity contribution is 7.12. The Morgan fingerprint density at radius 2 is 1.90 bits per heavy atom. The molecule has 0 aliphatic carbocycles. The van der Waals surface area contributed by atoms with Gasteiger partial charge in [-0.1, -0.05) is 18.2 Å². The Kier molecular flexibility index (Phi) is 4.94. The quantitative estimate of drug-likeness (QED) is 0.863. The zero-order chi connectivity index (χ0) is 15.2. The van der Waals surface area contributed by atoms with Crippen molar-refractivity contribution in [1.29, 1.82) is 0 Å². The van der Waals surface area contributed by atoms with Gasteiger partial charge in [-0.3, -0.25) is 4.79 Å². The average molecular weight is 305 g/mol. The monoisotopic (exact) mass is 305 g/mol. The molecule has 1 aromatic carbocycles. The van der Waals surface area contributed by atoms with Crippen LogP contribution in [0.2, 0.25) is 0 Å². The number of ether oxygens (including phenoxy) is 2. The van der Waals surface area contributed by atoms with Gasteiger partial charge < -0.3 is 14.8 Å². The average Bonchev–Trinajstić information content (AvgIpc) is 2.95. The molecule has 0 saturated heterocycles. The number of anilines is 1. The maximum atomic E-state index is 12.1. The lowest BCUT2D eigenvalue weighted by atomic mass is 10.3. The molecule has 0 aliphatic rings. The molecule has 2 aromatic rings. The molecule has 1 aromatic heterocycles. The van der Waals surface area contributed by atoms with E-state index in [1.807, 2.05) is 18.2 Å². The van der Waals surface area contributed by atoms with Crippen molar-refractivity contribution >= 4 is 28.9 Å². The molecule has 0 radical (unpaired) electrons. The molecule has 0 saturated carbocycles. The van der Waals surface area contributed by atoms with Gasteiger partial charge in [0.25, 0.3) is 5.91 Å². The van der Waals surface area contributed by atoms with Gasteiger partial charge in [0.2, 0.25) is 0 Å². The summed E-state index contributed by atoms with van der Waals surface area (Å²) in [6.45, 7) is 1.65. The summed E-state index contributed by atoms with van der Waals surface area (Å²) < 4.78 is 10.2. The predicted octanol–water partition coefficient (Wildman–Crippen LogP) is 2.94. The van der Waals surface area contributed by atoms with E-state index in [9.17, 15) is 9.59 Å². The van der Waals surface area contributed by atoms with Crippen molar-refractivity contribution in [1.82, 2.24) is 0 Å². The molecule has 1 heterocycles. The molecule has 1 N–H and O–H groups in total. The molecule has 21 heavy (non-hydrogen) atoms. The molecule has 0 bridgehead atoms. The van der Waals surface area contributed by atoms with Crippen LogP contribution in [-0.2, 0) is 9.53 Å². The number of benzene rings is 1. The first-order valence-corrected chi connectivity index (χ1v) is 7.18. The fourth-order valence-electron chi connectivity index (χ4n) is 1.65. The Labute approximate surface area is 126 Å². The summed E-state index contributed by atoms with van der Waals surface area (Å²) in [7, 11) is 1.30. The van der Waals surface area contributed by atoms with Crippen molar-refractivity contribution in [3.63, 3.8) is 0 Å². The fraction of sp³-hybridized carbons (Fsp3) is 0.200. The molecule has 5 nitrogen and oxygen atoms in total. The van der Waals surface area contributed by atoms with Gasteiger partial charge in [-0.25, -0.2) is 4.79 Å². The third-order valence-corrected chi connectivity index (χ3v) is 3.61. The van der Waals surface area contributed by atoms with Crippen LogP contribution in [0.3, 0.4) is 0 Å². The Morgan fingerprint density at radius 1 is 1.19 bits per heavy atom. The second kappa shape index (κ2) is 6.90. The van der Waals surface area contributed by atoms with E-state index in [1.165, 1.54) is 18.4 Å². The first-order valence-electron chi connectivity index (χ1n) is 6.30. The van der Waals surface area contributed by atoms with Crippen LogP contribution in [0, 0.1) is 0 Å². The number of thiophene rings is 1. The molecule has 1 amide bonds. The van der Waals surface area contributed by atoms with E-state index in [-0.39, 0.29) is 5.91 Å². The number of nitrogens with one attached hydrogen (secondary N) is 1. The third kappa shape index (κ3) is 3.82. The van der Waals surface area contributed by atoms with Gasteiger partial charge in [-0.05, 0) is 30.5 Å². The smallest absolute Gasteiger partial charge is 0.350 e. The minimum atomic E-state index is -0.683. The van der Waals surface area contributed by atoms with Crippen LogP contribution in [0.15, 0.2) is 41.8 Å². The number of methoxy groups -OCH3 is 1. The van der Waals surface area contributed by atoms with Crippen LogP contribution in [0.4, 0.5) is 5.69 Å². The third-order valence-electron chi connectivity index (χ3n) is 2.72. The topological polar surface area (TPSA) is 64.6 Å². The molecular formula is C15H15NO4S. The van der Waals surface area contributed by atoms with Crippen molar-refractivity contribution in [2.24, 2.45) is 0 Å². The van der Waals surface area contributed by atoms with Gasteiger partial charge >= 0.3 is 5.97 Å². The summed E-state index contributed by atoms with van der Waals surface area (Å²) >= 11 is 1.21. The van der Waals surface area contributed by atoms with Crippen molar-refractivity contribution in [3.8, 4) is 5.75 Å². The van der Waals surface area contributed by atoms with Crippen molar-refractivity contribution < 1.29 is 19.1 Å². The predicted molar refractivity (Wildman–Crippen MR) is 80.8 cm³/mol. The normalized spacial score (nSPS) is 11.5. The van der Waals surface area contributed by atoms with E-state index in [4.69, 9.17) is 4.74 Å². The number of carbonyl (C=O) groups is 2. The summed E-state index contributed by atoms with van der Waals surface area (Å²) in [5.74, 6) is -0.196. The standard InChI is InChI=1S/C15H15NO4S/c1-10(20-11-6-4-3-5-7-11)14(17)16-12-8-9-21-13(12)15(18)19-2/h3-10H,1-2H3,(H,16,17). The minimum Gasteiger partial charge on any atom is -0.481 e. The lowest BCUT2D eigenvalue weighted by Gasteiger charge is -2.14. The summed E-state index contributed by atoms with van der Waals surface area (Å²) in [5, 5.41) is 4.38. The maximum absolute atomic E-state index is 12.1. The van der Waals surface area contributed by atoms with Gasteiger partial charge in [-0.2, -0.15) is 0 Å². The summed E-state index contributed by atoms with van der Waals surface area (Å²) in [4.78, 5) is 24.0. The van der Waals surface area contributed by atoms with Crippen LogP contribution < -0.4 is 10.1 Å². The number of hydrogen-bond donors (Lipinski definition) is 1. The zero-order valence-corrected chi connectivity index (χ0v) is 12.5. The highest BCUT2D eigenvalue weighted by Crippen LogP contribution is 2.23. The highest BCUT2D eigenvalue weighted by atomic mass is 32.1. The molecule has 1 atom stereocenters. The van der Waals surface area contributed by atoms with Crippen molar-refractivity contribution in [2.45, 2.75) is 13.0 Å². The first kappa shape index (κ1) is 15.1. The molecule has 2 rings (SSSR count). The van der Waals surface area contributed by atoms with Crippen LogP contribution in [-0.4, -0.2) is 25.1 Å². The zero-order valence-electron chi connectivity index (χ0n) is 11.7. The van der Waals surface area contributed by atoms with E-state index in [2.05, 4.69) is 10.1 Å². The molecule has 0 spiro atoms. The molecule has 6 heteroatoms. The van der Waals surface area contributed by atoms with E-state index >= 15 is 0 Å². The second-order valence-corrected chi connectivity index (χ2v) is 5.13. The Morgan fingerprint density at radius 3 is 2.57 bits per heavy atom. The number of carbonyl (C=O) groups excluding carboxylic acids is 2. The highest BCUT2D eigenvalue weighted by Gasteiger charge is 2.19. The molecular weight excluding hydrogens is 290 g/mol. The SMILES string of the molecule is COC(=O)c1sccc1NC(=O)C(C)Oc1ccccc1. The number of para-hydroxylation sites is 1. The second-order valence-electron chi connectivity index (χ2n) is 4.22. The molecule has 0 aliphatic heterocycles. The van der Waals surface area contributed by atoms with Crippen LogP contribution in [0.5, 0.6) is 5.75 Å². The Balaban J connectivity index is 2.01. The molecule has 0 fully saturated rings. The largest absolute Gasteiger partial charge is 0.481 e. The minimum absolute atomic E-state index is 0.331. The summed E-state index contributed by atoms with van der Waals surface area (Å²) in [6.07, 6.45) is -0.683. The van der Waals surface area contributed by atoms with Crippen molar-refractivity contribution in [2.75, 3.05) is 12.4 Å². The number of esters is 1. The van der Waals surface area contributed by atoms with E-state index in [1.54, 1.807) is 30.5 Å². The van der Waals surface area contributed by atoms with Gasteiger partial charge in [-0.15, -0.1) is 11.3 Å². The number of amides is 1. The fourth-order valence-corrected chi connectivity index (χ4v) is 2.42. The number of rotatable bonds is 5. The maximum Gasteiger partial charge on any atom is 0.350 e. The van der Waals surface area contributed by atoms with Gasteiger partial charge in [0.1, 0.15) is 10.6 Å². The first-order chi connectivity index (χ1) is 10.1. The van der Waals surface area contributed by atoms with Gasteiger partial charge in [0.15, 0.2) is 6.10 Å². The van der Waals surface area contributed by atoms with Crippen LogP contribution in [0.1, 0.15) is 16.6 Å². The Hall–Kier alpha value is -2.34. The lowest BCUT2D eigenvalue weighted by Crippen LogP contribution is -2.30. The van der Waals surface area contributed by atoms with Gasteiger partial charge in [0, 0.05) is 0 Å². The lowest BCUT2D eigenvalue weighted by molar-refractivity contribution is -0.122. The number of hydrogen-bond acceptors (Lipinski definition) is 5. The Bertz CT molecular complexity index is 624. The van der Waals surface area contributed by atoms with E-state index in [0.29, 0.717) is 16.3 Å². The summed E-state index contributed by atoms with van der Waals surface area (Å²) in [6, 6.07) is 10.7.